The van der Waals surface area contributed by atoms with Gasteiger partial charge in [0.05, 0.1) is 22.9 Å². The van der Waals surface area contributed by atoms with Crippen LogP contribution in [0, 0.1) is 0 Å². The second-order valence-electron chi connectivity index (χ2n) is 5.16. The van der Waals surface area contributed by atoms with E-state index in [1.807, 2.05) is 5.32 Å². The van der Waals surface area contributed by atoms with Gasteiger partial charge in [-0.15, -0.1) is 0 Å². The van der Waals surface area contributed by atoms with Crippen LogP contribution in [-0.2, 0) is 19.1 Å². The smallest absolute Gasteiger partial charge is 0.413 e. The molecule has 1 aromatic rings. The van der Waals surface area contributed by atoms with Crippen molar-refractivity contribution in [1.29, 1.82) is 0 Å². The van der Waals surface area contributed by atoms with Gasteiger partial charge in [0.2, 0.25) is 5.91 Å². The fourth-order valence-corrected chi connectivity index (χ4v) is 2.50. The maximum Gasteiger partial charge on any atom is 0.413 e. The SMILES string of the molecule is CCOC(=O)NC(=O)COC(=O)c1ccc(Cl)c(N2CCCC2=O)c1. The molecular weight excluding hydrogens is 352 g/mol. The molecule has 1 aliphatic rings. The molecule has 0 aromatic heterocycles. The Labute approximate surface area is 149 Å². The van der Waals surface area contributed by atoms with E-state index < -0.39 is 24.6 Å². The Morgan fingerprint density at radius 2 is 2.04 bits per heavy atom. The minimum absolute atomic E-state index is 0.0683. The van der Waals surface area contributed by atoms with E-state index in [0.29, 0.717) is 23.7 Å². The fraction of sp³-hybridized carbons (Fsp3) is 0.375. The van der Waals surface area contributed by atoms with Crippen molar-refractivity contribution in [2.75, 3.05) is 24.7 Å². The van der Waals surface area contributed by atoms with Crippen LogP contribution in [-0.4, -0.2) is 43.6 Å². The minimum Gasteiger partial charge on any atom is -0.452 e. The van der Waals surface area contributed by atoms with Gasteiger partial charge in [-0.2, -0.15) is 0 Å². The number of carbonyl (C=O) groups is 4. The second kappa shape index (κ2) is 8.48. The Balaban J connectivity index is 1.99. The largest absolute Gasteiger partial charge is 0.452 e. The Morgan fingerprint density at radius 3 is 2.68 bits per heavy atom. The summed E-state index contributed by atoms with van der Waals surface area (Å²) in [6, 6.07) is 4.35. The molecule has 1 fully saturated rings. The summed E-state index contributed by atoms with van der Waals surface area (Å²) >= 11 is 6.10. The first-order valence-corrected chi connectivity index (χ1v) is 8.03. The Bertz CT molecular complexity index is 706. The van der Waals surface area contributed by atoms with Gasteiger partial charge in [-0.3, -0.25) is 14.9 Å². The molecule has 0 unspecified atom stereocenters. The van der Waals surface area contributed by atoms with Gasteiger partial charge in [0.25, 0.3) is 5.91 Å². The quantitative estimate of drug-likeness (QED) is 0.796. The highest BCUT2D eigenvalue weighted by molar-refractivity contribution is 6.34. The van der Waals surface area contributed by atoms with E-state index in [1.54, 1.807) is 6.92 Å². The van der Waals surface area contributed by atoms with Gasteiger partial charge in [0.15, 0.2) is 6.61 Å². The van der Waals surface area contributed by atoms with E-state index in [-0.39, 0.29) is 18.1 Å². The van der Waals surface area contributed by atoms with Gasteiger partial charge in [-0.05, 0) is 31.5 Å². The second-order valence-corrected chi connectivity index (χ2v) is 5.57. The number of carbonyl (C=O) groups excluding carboxylic acids is 4. The van der Waals surface area contributed by atoms with Gasteiger partial charge in [-0.1, -0.05) is 11.6 Å². The molecule has 0 radical (unpaired) electrons. The molecule has 8 nitrogen and oxygen atoms in total. The van der Waals surface area contributed by atoms with Crippen LogP contribution in [0.3, 0.4) is 0 Å². The molecule has 3 amide bonds. The average molecular weight is 369 g/mol. The number of esters is 1. The van der Waals surface area contributed by atoms with Crippen molar-refractivity contribution in [2.45, 2.75) is 19.8 Å². The van der Waals surface area contributed by atoms with Crippen molar-refractivity contribution in [2.24, 2.45) is 0 Å². The number of benzene rings is 1. The number of ether oxygens (including phenoxy) is 2. The Morgan fingerprint density at radius 1 is 1.28 bits per heavy atom. The number of halogens is 1. The third kappa shape index (κ3) is 4.93. The van der Waals surface area contributed by atoms with Crippen molar-refractivity contribution < 1.29 is 28.7 Å². The van der Waals surface area contributed by atoms with Crippen LogP contribution in [0.5, 0.6) is 0 Å². The van der Waals surface area contributed by atoms with Crippen LogP contribution in [0.2, 0.25) is 5.02 Å². The molecule has 0 bridgehead atoms. The summed E-state index contributed by atoms with van der Waals surface area (Å²) in [7, 11) is 0. The van der Waals surface area contributed by atoms with Crippen molar-refractivity contribution in [3.05, 3.63) is 28.8 Å². The van der Waals surface area contributed by atoms with Crippen molar-refractivity contribution in [3.8, 4) is 0 Å². The van der Waals surface area contributed by atoms with Crippen LogP contribution in [0.15, 0.2) is 18.2 Å². The summed E-state index contributed by atoms with van der Waals surface area (Å²) in [5.41, 5.74) is 0.567. The number of nitrogens with zero attached hydrogens (tertiary/aromatic N) is 1. The lowest BCUT2D eigenvalue weighted by atomic mass is 10.2. The van der Waals surface area contributed by atoms with E-state index in [2.05, 4.69) is 4.74 Å². The number of rotatable bonds is 5. The van der Waals surface area contributed by atoms with E-state index >= 15 is 0 Å². The monoisotopic (exact) mass is 368 g/mol. The first-order chi connectivity index (χ1) is 11.9. The number of amides is 3. The van der Waals surface area contributed by atoms with Gasteiger partial charge in [0.1, 0.15) is 0 Å². The molecule has 0 atom stereocenters. The maximum absolute atomic E-state index is 12.1. The summed E-state index contributed by atoms with van der Waals surface area (Å²) in [5, 5.41) is 2.25. The number of hydrogen-bond acceptors (Lipinski definition) is 6. The maximum atomic E-state index is 12.1. The Kier molecular flexibility index (Phi) is 6.35. The number of alkyl carbamates (subject to hydrolysis) is 1. The minimum atomic E-state index is -0.912. The zero-order chi connectivity index (χ0) is 18.4. The highest BCUT2D eigenvalue weighted by Gasteiger charge is 2.25. The number of nitrogens with one attached hydrogen (secondary N) is 1. The van der Waals surface area contributed by atoms with E-state index in [1.165, 1.54) is 23.1 Å². The van der Waals surface area contributed by atoms with E-state index in [9.17, 15) is 19.2 Å². The van der Waals surface area contributed by atoms with Gasteiger partial charge >= 0.3 is 12.1 Å². The van der Waals surface area contributed by atoms with E-state index in [4.69, 9.17) is 16.3 Å². The van der Waals surface area contributed by atoms with Crippen molar-refractivity contribution in [3.63, 3.8) is 0 Å². The normalized spacial score (nSPS) is 13.5. The summed E-state index contributed by atoms with van der Waals surface area (Å²) < 4.78 is 9.38. The summed E-state index contributed by atoms with van der Waals surface area (Å²) in [6.07, 6.45) is 0.238. The molecule has 0 spiro atoms. The van der Waals surface area contributed by atoms with Crippen molar-refractivity contribution >= 4 is 41.2 Å². The van der Waals surface area contributed by atoms with Crippen molar-refractivity contribution in [1.82, 2.24) is 5.32 Å². The van der Waals surface area contributed by atoms with Gasteiger partial charge < -0.3 is 14.4 Å². The third-order valence-electron chi connectivity index (χ3n) is 3.40. The van der Waals surface area contributed by atoms with Gasteiger partial charge in [0, 0.05) is 13.0 Å². The van der Waals surface area contributed by atoms with Crippen LogP contribution in [0.1, 0.15) is 30.1 Å². The first-order valence-electron chi connectivity index (χ1n) is 7.66. The first kappa shape index (κ1) is 18.7. The molecule has 0 aliphatic carbocycles. The molecule has 2 rings (SSSR count). The lowest BCUT2D eigenvalue weighted by molar-refractivity contribution is -0.123. The molecule has 1 aliphatic heterocycles. The average Bonchev–Trinajstić information content (AvgIpc) is 2.99. The van der Waals surface area contributed by atoms with E-state index in [0.717, 1.165) is 6.42 Å². The van der Waals surface area contributed by atoms with Gasteiger partial charge in [-0.25, -0.2) is 9.59 Å². The molecule has 134 valence electrons. The lowest BCUT2D eigenvalue weighted by Gasteiger charge is -2.18. The van der Waals surface area contributed by atoms with Crippen LogP contribution >= 0.6 is 11.6 Å². The topological polar surface area (TPSA) is 102 Å². The standard InChI is InChI=1S/C16H17ClN2O6/c1-2-24-16(23)18-13(20)9-25-15(22)10-5-6-11(17)12(8-10)19-7-3-4-14(19)21/h5-6,8H,2-4,7,9H2,1H3,(H,18,20,23). The Hall–Kier alpha value is -2.61. The third-order valence-corrected chi connectivity index (χ3v) is 3.72. The summed E-state index contributed by atoms with van der Waals surface area (Å²) in [4.78, 5) is 48.0. The molecule has 1 aromatic carbocycles. The molecule has 0 saturated carbocycles. The molecular formula is C16H17ClN2O6. The fourth-order valence-electron chi connectivity index (χ4n) is 2.28. The number of imide groups is 1. The van der Waals surface area contributed by atoms with Crippen LogP contribution in [0.4, 0.5) is 10.5 Å². The highest BCUT2D eigenvalue weighted by atomic mass is 35.5. The zero-order valence-electron chi connectivity index (χ0n) is 13.5. The molecule has 1 saturated heterocycles. The van der Waals surface area contributed by atoms with Crippen LogP contribution in [0.25, 0.3) is 0 Å². The molecule has 25 heavy (non-hydrogen) atoms. The highest BCUT2D eigenvalue weighted by Crippen LogP contribution is 2.30. The molecule has 9 heteroatoms. The van der Waals surface area contributed by atoms with Crippen LogP contribution < -0.4 is 10.2 Å². The number of anilines is 1. The summed E-state index contributed by atoms with van der Waals surface area (Å²) in [6.45, 7) is 1.59. The number of hydrogen-bond donors (Lipinski definition) is 1. The molecule has 1 heterocycles. The lowest BCUT2D eigenvalue weighted by Crippen LogP contribution is -2.34. The zero-order valence-corrected chi connectivity index (χ0v) is 14.3. The summed E-state index contributed by atoms with van der Waals surface area (Å²) in [5.74, 6) is -1.65. The molecule has 1 N–H and O–H groups in total. The predicted octanol–water partition coefficient (Wildman–Crippen LogP) is 1.90. The predicted molar refractivity (Wildman–Crippen MR) is 88.5 cm³/mol.